The maximum atomic E-state index is 11.8. The van der Waals surface area contributed by atoms with Crippen LogP contribution in [-0.4, -0.2) is 107 Å². The highest BCUT2D eigenvalue weighted by Crippen LogP contribution is 2.48. The summed E-state index contributed by atoms with van der Waals surface area (Å²) in [7, 11) is -7.08. The van der Waals surface area contributed by atoms with Gasteiger partial charge in [-0.2, -0.15) is 0 Å². The predicted octanol–water partition coefficient (Wildman–Crippen LogP) is 13.1. The van der Waals surface area contributed by atoms with E-state index in [0.717, 1.165) is 62.2 Å². The zero-order chi connectivity index (χ0) is 46.1. The Morgan fingerprint density at radius 3 is 1.90 bits per heavy atom. The maximum absolute atomic E-state index is 11.8. The largest absolute Gasteiger partial charge is 0.408 e. The Bertz CT molecular complexity index is 1450. The maximum Gasteiger partial charge on any atom is 0.193 e. The van der Waals surface area contributed by atoms with Crippen molar-refractivity contribution in [1.29, 1.82) is 0 Å². The summed E-state index contributed by atoms with van der Waals surface area (Å²) in [4.78, 5) is 0. The summed E-state index contributed by atoms with van der Waals surface area (Å²) in [5.74, 6) is 0.441. The fourth-order valence-electron chi connectivity index (χ4n) is 8.71. The lowest BCUT2D eigenvalue weighted by Crippen LogP contribution is -2.69. The Kier molecular flexibility index (Phi) is 18.5. The third-order valence-corrected chi connectivity index (χ3v) is 30.8. The first-order valence-corrected chi connectivity index (χ1v) is 34.4. The summed E-state index contributed by atoms with van der Waals surface area (Å²) < 4.78 is 51.6. The summed E-state index contributed by atoms with van der Waals surface area (Å²) in [6.45, 7) is 45.5. The minimum absolute atomic E-state index is 0.00936. The lowest BCUT2D eigenvalue weighted by atomic mass is 9.85. The molecule has 61 heavy (non-hydrogen) atoms. The van der Waals surface area contributed by atoms with Crippen LogP contribution in [-0.2, 0) is 32.2 Å². The minimum atomic E-state index is -2.39. The zero-order valence-electron chi connectivity index (χ0n) is 42.3. The van der Waals surface area contributed by atoms with Crippen LogP contribution >= 0.6 is 22.6 Å². The van der Waals surface area contributed by atoms with Gasteiger partial charge in [-0.05, 0) is 119 Å². The Morgan fingerprint density at radius 1 is 0.787 bits per heavy atom. The van der Waals surface area contributed by atoms with Crippen molar-refractivity contribution in [3.8, 4) is 0 Å². The van der Waals surface area contributed by atoms with Crippen LogP contribution < -0.4 is 0 Å². The van der Waals surface area contributed by atoms with E-state index in [4.69, 9.17) is 32.2 Å². The van der Waals surface area contributed by atoms with Gasteiger partial charge < -0.3 is 37.3 Å². The molecule has 0 bridgehead atoms. The highest BCUT2D eigenvalue weighted by Gasteiger charge is 2.58. The van der Waals surface area contributed by atoms with Gasteiger partial charge in [-0.1, -0.05) is 129 Å². The minimum Gasteiger partial charge on any atom is -0.408 e. The van der Waals surface area contributed by atoms with Gasteiger partial charge in [-0.3, -0.25) is 0 Å². The summed E-state index contributed by atoms with van der Waals surface area (Å²) in [6.07, 6.45) is 11.2. The van der Waals surface area contributed by atoms with Gasteiger partial charge in [0.15, 0.2) is 25.0 Å². The third kappa shape index (κ3) is 13.4. The fourth-order valence-corrected chi connectivity index (χ4v) is 13.5. The molecular formula is C49H93IO8Si3. The molecule has 4 aliphatic heterocycles. The normalized spacial score (nSPS) is 33.6. The fraction of sp³-hybridized carbons (Fsp3) is 0.918. The van der Waals surface area contributed by atoms with Crippen molar-refractivity contribution in [1.82, 2.24) is 0 Å². The highest BCUT2D eigenvalue weighted by molar-refractivity contribution is 14.1. The molecule has 0 aromatic rings. The van der Waals surface area contributed by atoms with Crippen molar-refractivity contribution in [2.24, 2.45) is 5.92 Å². The van der Waals surface area contributed by atoms with E-state index in [2.05, 4.69) is 158 Å². The second-order valence-corrected chi connectivity index (χ2v) is 39.3. The molecule has 0 amide bonds. The highest BCUT2D eigenvalue weighted by atomic mass is 127. The molecule has 0 aromatic heterocycles. The third-order valence-electron chi connectivity index (χ3n) is 16.1. The van der Waals surface area contributed by atoms with Crippen LogP contribution in [0.5, 0.6) is 0 Å². The van der Waals surface area contributed by atoms with Crippen LogP contribution in [0.3, 0.4) is 0 Å². The van der Waals surface area contributed by atoms with Gasteiger partial charge in [0.2, 0.25) is 0 Å². The van der Waals surface area contributed by atoms with Crippen LogP contribution in [0.1, 0.15) is 147 Å². The number of aliphatic hydroxyl groups excluding tert-OH is 1. The second-order valence-electron chi connectivity index (χ2n) is 24.2. The van der Waals surface area contributed by atoms with Crippen LogP contribution in [0.4, 0.5) is 0 Å². The van der Waals surface area contributed by atoms with E-state index in [9.17, 15) is 5.11 Å². The number of hydrogen-bond donors (Lipinski definition) is 1. The van der Waals surface area contributed by atoms with Crippen LogP contribution in [0.15, 0.2) is 24.3 Å². The SMILES string of the molecule is C=C(C)[C@H](C)C[C@H]1CC[C@@H]2O[C@@H](CCC(O)/C=C/[C@H](O[Si](C)(C)C(C)(C)C)[C@@H]3O[C@H]4CC[C@H](CCC)O[C@@H]4[C@H](O[Si](C)(C)C(C)(C)C)[C@@H]3O[Si](C)(C)C(C)(C)C)C[C@]2(CI)O1. The lowest BCUT2D eigenvalue weighted by Gasteiger charge is -2.56. The average molecular weight is 1020 g/mol. The Balaban J connectivity index is 1.68. The molecule has 0 aromatic carbocycles. The quantitative estimate of drug-likeness (QED) is 0.0629. The van der Waals surface area contributed by atoms with E-state index in [1.165, 1.54) is 5.57 Å². The van der Waals surface area contributed by atoms with Crippen LogP contribution in [0, 0.1) is 5.92 Å². The molecule has 1 unspecified atom stereocenters. The smallest absolute Gasteiger partial charge is 0.193 e. The molecule has 0 radical (unpaired) electrons. The van der Waals surface area contributed by atoms with Crippen molar-refractivity contribution in [3.63, 3.8) is 0 Å². The molecule has 1 N–H and O–H groups in total. The van der Waals surface area contributed by atoms with Crippen molar-refractivity contribution >= 4 is 47.5 Å². The molecular weight excluding hydrogens is 928 g/mol. The Morgan fingerprint density at radius 2 is 1.36 bits per heavy atom. The second kappa shape index (κ2) is 20.8. The van der Waals surface area contributed by atoms with E-state index >= 15 is 0 Å². The van der Waals surface area contributed by atoms with Gasteiger partial charge in [-0.25, -0.2) is 0 Å². The number of aliphatic hydroxyl groups is 1. The summed E-state index contributed by atoms with van der Waals surface area (Å²) in [5.41, 5.74) is 0.957. The van der Waals surface area contributed by atoms with E-state index in [1.807, 2.05) is 6.08 Å². The predicted molar refractivity (Wildman–Crippen MR) is 270 cm³/mol. The van der Waals surface area contributed by atoms with E-state index < -0.39 is 49.4 Å². The molecule has 356 valence electrons. The first-order chi connectivity index (χ1) is 27.9. The van der Waals surface area contributed by atoms with Crippen molar-refractivity contribution in [3.05, 3.63) is 24.3 Å². The molecule has 13 atom stereocenters. The van der Waals surface area contributed by atoms with Crippen LogP contribution in [0.2, 0.25) is 54.4 Å². The van der Waals surface area contributed by atoms with E-state index in [1.54, 1.807) is 0 Å². The molecule has 0 aliphatic carbocycles. The van der Waals surface area contributed by atoms with Crippen molar-refractivity contribution in [2.75, 3.05) is 4.43 Å². The summed E-state index contributed by atoms with van der Waals surface area (Å²) in [5, 5.41) is 11.7. The first-order valence-electron chi connectivity index (χ1n) is 24.1. The zero-order valence-corrected chi connectivity index (χ0v) is 47.4. The van der Waals surface area contributed by atoms with Gasteiger partial charge in [-0.15, -0.1) is 0 Å². The van der Waals surface area contributed by atoms with Crippen molar-refractivity contribution in [2.45, 2.75) is 274 Å². The molecule has 12 heteroatoms. The Hall–Kier alpha value is 0.541. The summed E-state index contributed by atoms with van der Waals surface area (Å²) >= 11 is 2.49. The topological polar surface area (TPSA) is 84.8 Å². The molecule has 4 saturated heterocycles. The molecule has 4 aliphatic rings. The van der Waals surface area contributed by atoms with E-state index in [-0.39, 0.29) is 63.4 Å². The number of ether oxygens (including phenoxy) is 4. The van der Waals surface area contributed by atoms with Gasteiger partial charge in [0.25, 0.3) is 0 Å². The lowest BCUT2D eigenvalue weighted by molar-refractivity contribution is -0.267. The van der Waals surface area contributed by atoms with Crippen molar-refractivity contribution < 1.29 is 37.3 Å². The van der Waals surface area contributed by atoms with Crippen LogP contribution in [0.25, 0.3) is 0 Å². The molecule has 0 saturated carbocycles. The number of allylic oxidation sites excluding steroid dienone is 1. The summed E-state index contributed by atoms with van der Waals surface area (Å²) in [6, 6.07) is 0. The van der Waals surface area contributed by atoms with Gasteiger partial charge >= 0.3 is 0 Å². The molecule has 0 spiro atoms. The number of rotatable bonds is 18. The first kappa shape index (κ1) is 54.1. The number of halogens is 1. The average Bonchev–Trinajstić information content (AvgIpc) is 3.50. The number of hydrogen-bond acceptors (Lipinski definition) is 8. The molecule has 4 heterocycles. The van der Waals surface area contributed by atoms with Gasteiger partial charge in [0.1, 0.15) is 30.0 Å². The standard InChI is InChI=1S/C49H93IO8Si3/c1-20-21-36-25-28-39-42(53-36)44(57-60(16,17)47(8,9)10)45(58-61(18,19)48(11,12)13)43(54-39)40(56-59(14,15)46(5,6)7)27-23-35(51)22-24-38-31-49(32-50)41(52-38)29-26-37(55-49)30-34(4)33(2)3/h23,27,34-45,51H,2,20-22,24-26,28-32H2,1,3-19H3/b27-23+/t34-,35?,36+,37-,38+,39+,40+,41+,42+,43+,44+,45-,49-/m1/s1. The molecule has 4 rings (SSSR count). The number of alkyl halides is 1. The monoisotopic (exact) mass is 1020 g/mol. The van der Waals surface area contributed by atoms with E-state index in [0.29, 0.717) is 12.3 Å². The molecule has 8 nitrogen and oxygen atoms in total. The molecule has 4 fully saturated rings. The van der Waals surface area contributed by atoms with Gasteiger partial charge in [0.05, 0.1) is 42.7 Å². The number of fused-ring (bicyclic) bond motifs is 2. The Labute approximate surface area is 391 Å². The van der Waals surface area contributed by atoms with Gasteiger partial charge in [0, 0.05) is 10.8 Å².